The summed E-state index contributed by atoms with van der Waals surface area (Å²) in [7, 11) is 0. The van der Waals surface area contributed by atoms with Crippen molar-refractivity contribution in [3.63, 3.8) is 0 Å². The fourth-order valence-corrected chi connectivity index (χ4v) is 2.92. The Morgan fingerprint density at radius 1 is 0.852 bits per heavy atom. The van der Waals surface area contributed by atoms with E-state index >= 15 is 0 Å². The highest BCUT2D eigenvalue weighted by Gasteiger charge is 2.08. The fraction of sp³-hybridized carbons (Fsp3) is 0.0952. The first kappa shape index (κ1) is 16.8. The molecule has 0 aliphatic heterocycles. The molecule has 6 nitrogen and oxygen atoms in total. The van der Waals surface area contributed by atoms with E-state index < -0.39 is 0 Å². The summed E-state index contributed by atoms with van der Waals surface area (Å²) in [5, 5.41) is 11.4. The van der Waals surface area contributed by atoms with Crippen molar-refractivity contribution in [2.75, 3.05) is 0 Å². The molecule has 0 spiro atoms. The van der Waals surface area contributed by atoms with Crippen LogP contribution in [0.3, 0.4) is 0 Å². The quantitative estimate of drug-likeness (QED) is 0.577. The van der Waals surface area contributed by atoms with Crippen molar-refractivity contribution < 1.29 is 4.79 Å². The second kappa shape index (κ2) is 7.70. The molecule has 0 bridgehead atoms. The SMILES string of the molecule is O=C(NCc1ccccc1Cn1cccn1)c1ccc(-n2cccn2)cc1. The lowest BCUT2D eigenvalue weighted by atomic mass is 10.1. The van der Waals surface area contributed by atoms with Crippen molar-refractivity contribution in [1.29, 1.82) is 0 Å². The number of aromatic nitrogens is 4. The number of benzene rings is 2. The van der Waals surface area contributed by atoms with Gasteiger partial charge in [-0.25, -0.2) is 4.68 Å². The van der Waals surface area contributed by atoms with Gasteiger partial charge in [-0.05, 0) is 47.5 Å². The molecule has 6 heteroatoms. The molecule has 27 heavy (non-hydrogen) atoms. The monoisotopic (exact) mass is 357 g/mol. The minimum absolute atomic E-state index is 0.101. The van der Waals surface area contributed by atoms with Crippen LogP contribution < -0.4 is 5.32 Å². The lowest BCUT2D eigenvalue weighted by Crippen LogP contribution is -2.23. The first-order valence-electron chi connectivity index (χ1n) is 8.72. The second-order valence-electron chi connectivity index (χ2n) is 6.15. The van der Waals surface area contributed by atoms with Crippen LogP contribution in [0.1, 0.15) is 21.5 Å². The third-order valence-corrected chi connectivity index (χ3v) is 4.35. The van der Waals surface area contributed by atoms with Gasteiger partial charge < -0.3 is 5.32 Å². The summed E-state index contributed by atoms with van der Waals surface area (Å²) < 4.78 is 3.63. The molecule has 134 valence electrons. The van der Waals surface area contributed by atoms with E-state index in [1.165, 1.54) is 0 Å². The lowest BCUT2D eigenvalue weighted by Gasteiger charge is -2.11. The summed E-state index contributed by atoms with van der Waals surface area (Å²) in [6.45, 7) is 1.15. The standard InChI is InChI=1S/C21H19N5O/c27-21(17-7-9-20(10-8-17)26-14-4-12-24-26)22-15-18-5-1-2-6-19(18)16-25-13-3-11-23-25/h1-14H,15-16H2,(H,22,27). The molecule has 0 atom stereocenters. The maximum absolute atomic E-state index is 12.5. The molecule has 2 aromatic heterocycles. The lowest BCUT2D eigenvalue weighted by molar-refractivity contribution is 0.0951. The zero-order valence-electron chi connectivity index (χ0n) is 14.7. The minimum Gasteiger partial charge on any atom is -0.348 e. The van der Waals surface area contributed by atoms with Crippen LogP contribution in [0.5, 0.6) is 0 Å². The zero-order valence-corrected chi connectivity index (χ0v) is 14.7. The van der Waals surface area contributed by atoms with Crippen LogP contribution in [0.4, 0.5) is 0 Å². The van der Waals surface area contributed by atoms with Crippen molar-refractivity contribution in [2.45, 2.75) is 13.1 Å². The molecule has 0 unspecified atom stereocenters. The highest BCUT2D eigenvalue weighted by molar-refractivity contribution is 5.94. The molecule has 2 aromatic carbocycles. The molecule has 2 heterocycles. The third-order valence-electron chi connectivity index (χ3n) is 4.35. The number of hydrogen-bond acceptors (Lipinski definition) is 3. The average molecular weight is 357 g/mol. The summed E-state index contributed by atoms with van der Waals surface area (Å²) in [4.78, 5) is 12.5. The summed E-state index contributed by atoms with van der Waals surface area (Å²) in [6.07, 6.45) is 7.28. The minimum atomic E-state index is -0.101. The molecule has 0 radical (unpaired) electrons. The Morgan fingerprint density at radius 2 is 1.59 bits per heavy atom. The first-order chi connectivity index (χ1) is 13.3. The van der Waals surface area contributed by atoms with Crippen molar-refractivity contribution in [2.24, 2.45) is 0 Å². The van der Waals surface area contributed by atoms with Gasteiger partial charge in [0.2, 0.25) is 0 Å². The average Bonchev–Trinajstić information content (AvgIpc) is 3.41. The summed E-state index contributed by atoms with van der Waals surface area (Å²) in [6, 6.07) is 19.2. The molecule has 0 saturated heterocycles. The van der Waals surface area contributed by atoms with Gasteiger partial charge in [0.15, 0.2) is 0 Å². The Labute approximate surface area is 157 Å². The third kappa shape index (κ3) is 3.95. The van der Waals surface area contributed by atoms with E-state index in [1.807, 2.05) is 71.7 Å². The van der Waals surface area contributed by atoms with Crippen molar-refractivity contribution >= 4 is 5.91 Å². The number of hydrogen-bond donors (Lipinski definition) is 1. The van der Waals surface area contributed by atoms with Crippen LogP contribution in [0.25, 0.3) is 5.69 Å². The number of nitrogens with one attached hydrogen (secondary N) is 1. The van der Waals surface area contributed by atoms with Gasteiger partial charge in [0.05, 0.1) is 12.2 Å². The molecule has 0 aliphatic rings. The van der Waals surface area contributed by atoms with E-state index in [0.29, 0.717) is 18.7 Å². The predicted octanol–water partition coefficient (Wildman–Crippen LogP) is 3.05. The number of amides is 1. The van der Waals surface area contributed by atoms with E-state index in [-0.39, 0.29) is 5.91 Å². The van der Waals surface area contributed by atoms with Gasteiger partial charge in [0.1, 0.15) is 0 Å². The highest BCUT2D eigenvalue weighted by atomic mass is 16.1. The Bertz CT molecular complexity index is 1010. The molecule has 0 fully saturated rings. The summed E-state index contributed by atoms with van der Waals surface area (Å²) >= 11 is 0. The maximum atomic E-state index is 12.5. The fourth-order valence-electron chi connectivity index (χ4n) is 2.92. The Kier molecular flexibility index (Phi) is 4.78. The zero-order chi connectivity index (χ0) is 18.5. The van der Waals surface area contributed by atoms with Gasteiger partial charge in [-0.3, -0.25) is 9.48 Å². The number of nitrogens with zero attached hydrogens (tertiary/aromatic N) is 4. The molecule has 0 saturated carbocycles. The number of carbonyl (C=O) groups excluding carboxylic acids is 1. The topological polar surface area (TPSA) is 64.7 Å². The number of rotatable bonds is 6. The number of carbonyl (C=O) groups is 1. The van der Waals surface area contributed by atoms with Gasteiger partial charge in [0.25, 0.3) is 5.91 Å². The van der Waals surface area contributed by atoms with Gasteiger partial charge in [-0.2, -0.15) is 10.2 Å². The largest absolute Gasteiger partial charge is 0.348 e. The summed E-state index contributed by atoms with van der Waals surface area (Å²) in [5.41, 5.74) is 3.75. The molecule has 0 aliphatic carbocycles. The highest BCUT2D eigenvalue weighted by Crippen LogP contribution is 2.12. The van der Waals surface area contributed by atoms with Crippen LogP contribution in [0.15, 0.2) is 85.5 Å². The molecule has 4 aromatic rings. The van der Waals surface area contributed by atoms with Crippen LogP contribution in [-0.4, -0.2) is 25.5 Å². The molecule has 1 N–H and O–H groups in total. The van der Waals surface area contributed by atoms with E-state index in [4.69, 9.17) is 0 Å². The van der Waals surface area contributed by atoms with Crippen molar-refractivity contribution in [3.8, 4) is 5.69 Å². The van der Waals surface area contributed by atoms with Crippen molar-refractivity contribution in [1.82, 2.24) is 24.9 Å². The van der Waals surface area contributed by atoms with E-state index in [1.54, 1.807) is 17.1 Å². The maximum Gasteiger partial charge on any atom is 0.251 e. The molecule has 1 amide bonds. The predicted molar refractivity (Wildman–Crippen MR) is 103 cm³/mol. The van der Waals surface area contributed by atoms with E-state index in [0.717, 1.165) is 16.8 Å². The van der Waals surface area contributed by atoms with E-state index in [9.17, 15) is 4.79 Å². The van der Waals surface area contributed by atoms with Crippen LogP contribution in [0, 0.1) is 0 Å². The molecular weight excluding hydrogens is 338 g/mol. The second-order valence-corrected chi connectivity index (χ2v) is 6.15. The Balaban J connectivity index is 1.42. The smallest absolute Gasteiger partial charge is 0.251 e. The Morgan fingerprint density at radius 3 is 2.30 bits per heavy atom. The summed E-state index contributed by atoms with van der Waals surface area (Å²) in [5.74, 6) is -0.101. The first-order valence-corrected chi connectivity index (χ1v) is 8.72. The molecule has 4 rings (SSSR count). The Hall–Kier alpha value is -3.67. The van der Waals surface area contributed by atoms with Gasteiger partial charge in [-0.1, -0.05) is 24.3 Å². The van der Waals surface area contributed by atoms with Crippen LogP contribution in [0.2, 0.25) is 0 Å². The molecular formula is C21H19N5O. The van der Waals surface area contributed by atoms with Gasteiger partial charge in [0, 0.05) is 36.9 Å². The van der Waals surface area contributed by atoms with Crippen LogP contribution >= 0.6 is 0 Å². The van der Waals surface area contributed by atoms with Crippen molar-refractivity contribution in [3.05, 3.63) is 102 Å². The van der Waals surface area contributed by atoms with E-state index in [2.05, 4.69) is 21.6 Å². The normalized spacial score (nSPS) is 10.7. The van der Waals surface area contributed by atoms with Gasteiger partial charge >= 0.3 is 0 Å². The van der Waals surface area contributed by atoms with Gasteiger partial charge in [-0.15, -0.1) is 0 Å². The van der Waals surface area contributed by atoms with Crippen LogP contribution in [-0.2, 0) is 13.1 Å².